The Kier molecular flexibility index (Phi) is 3.08. The summed E-state index contributed by atoms with van der Waals surface area (Å²) in [6.07, 6.45) is 0. The standard InChI is InChI=1S/C11H11F2NO3/c12-7-1-2-8(13)9(3-7)14-10(16)11(4-15)5-17-6-11/h1-3,15H,4-6H2,(H,14,16). The first-order valence-electron chi connectivity index (χ1n) is 5.02. The van der Waals surface area contributed by atoms with Gasteiger partial charge in [0.1, 0.15) is 17.0 Å². The van der Waals surface area contributed by atoms with Gasteiger partial charge in [0, 0.05) is 6.07 Å². The molecule has 1 aliphatic heterocycles. The average molecular weight is 243 g/mol. The predicted octanol–water partition coefficient (Wildman–Crippen LogP) is 0.912. The van der Waals surface area contributed by atoms with E-state index in [1.54, 1.807) is 0 Å². The van der Waals surface area contributed by atoms with E-state index in [0.29, 0.717) is 0 Å². The van der Waals surface area contributed by atoms with E-state index in [-0.39, 0.29) is 18.9 Å². The smallest absolute Gasteiger partial charge is 0.237 e. The second kappa shape index (κ2) is 4.38. The Morgan fingerprint density at radius 1 is 1.47 bits per heavy atom. The van der Waals surface area contributed by atoms with Crippen LogP contribution in [0.2, 0.25) is 0 Å². The molecule has 2 rings (SSSR count). The first-order chi connectivity index (χ1) is 8.07. The van der Waals surface area contributed by atoms with Gasteiger partial charge in [-0.15, -0.1) is 0 Å². The lowest BCUT2D eigenvalue weighted by Gasteiger charge is -2.37. The Balaban J connectivity index is 2.15. The number of aliphatic hydroxyl groups is 1. The summed E-state index contributed by atoms with van der Waals surface area (Å²) in [5.41, 5.74) is -1.28. The Bertz CT molecular complexity index is 441. The number of hydrogen-bond donors (Lipinski definition) is 2. The molecule has 4 nitrogen and oxygen atoms in total. The summed E-state index contributed by atoms with van der Waals surface area (Å²) in [6.45, 7) is -0.242. The van der Waals surface area contributed by atoms with E-state index in [1.165, 1.54) is 0 Å². The number of rotatable bonds is 3. The fourth-order valence-corrected chi connectivity index (χ4v) is 1.49. The van der Waals surface area contributed by atoms with Crippen molar-refractivity contribution in [1.82, 2.24) is 0 Å². The molecule has 1 saturated heterocycles. The molecule has 0 saturated carbocycles. The van der Waals surface area contributed by atoms with Crippen molar-refractivity contribution in [2.24, 2.45) is 5.41 Å². The van der Waals surface area contributed by atoms with Crippen LogP contribution in [0, 0.1) is 17.0 Å². The van der Waals surface area contributed by atoms with Gasteiger partial charge in [0.15, 0.2) is 0 Å². The summed E-state index contributed by atoms with van der Waals surface area (Å²) in [4.78, 5) is 11.8. The summed E-state index contributed by atoms with van der Waals surface area (Å²) < 4.78 is 31.0. The van der Waals surface area contributed by atoms with Gasteiger partial charge in [0.25, 0.3) is 0 Å². The molecule has 1 aromatic rings. The predicted molar refractivity (Wildman–Crippen MR) is 55.3 cm³/mol. The SMILES string of the molecule is O=C(Nc1cc(F)ccc1F)C1(CO)COC1. The van der Waals surface area contributed by atoms with Gasteiger partial charge in [0.2, 0.25) is 5.91 Å². The molecular formula is C11H11F2NO3. The molecule has 0 aliphatic carbocycles. The molecule has 92 valence electrons. The lowest BCUT2D eigenvalue weighted by Crippen LogP contribution is -2.54. The lowest BCUT2D eigenvalue weighted by atomic mass is 9.86. The highest BCUT2D eigenvalue weighted by Gasteiger charge is 2.45. The molecular weight excluding hydrogens is 232 g/mol. The van der Waals surface area contributed by atoms with Gasteiger partial charge in [-0.1, -0.05) is 0 Å². The van der Waals surface area contributed by atoms with E-state index in [2.05, 4.69) is 5.32 Å². The molecule has 1 aliphatic rings. The van der Waals surface area contributed by atoms with Crippen molar-refractivity contribution < 1.29 is 23.4 Å². The highest BCUT2D eigenvalue weighted by atomic mass is 19.1. The molecule has 0 atom stereocenters. The maximum atomic E-state index is 13.3. The Hall–Kier alpha value is -1.53. The number of ether oxygens (including phenoxy) is 1. The number of amides is 1. The minimum Gasteiger partial charge on any atom is -0.395 e. The monoisotopic (exact) mass is 243 g/mol. The van der Waals surface area contributed by atoms with Crippen LogP contribution in [0.5, 0.6) is 0 Å². The maximum absolute atomic E-state index is 13.3. The second-order valence-electron chi connectivity index (χ2n) is 4.01. The zero-order chi connectivity index (χ0) is 12.5. The van der Waals surface area contributed by atoms with Crippen molar-refractivity contribution in [2.45, 2.75) is 0 Å². The number of benzene rings is 1. The zero-order valence-electron chi connectivity index (χ0n) is 8.87. The quantitative estimate of drug-likeness (QED) is 0.829. The van der Waals surface area contributed by atoms with Crippen molar-refractivity contribution >= 4 is 11.6 Å². The summed E-state index contributed by atoms with van der Waals surface area (Å²) in [5, 5.41) is 11.4. The van der Waals surface area contributed by atoms with Crippen molar-refractivity contribution in [2.75, 3.05) is 25.1 Å². The molecule has 6 heteroatoms. The highest BCUT2D eigenvalue weighted by Crippen LogP contribution is 2.29. The van der Waals surface area contributed by atoms with Crippen LogP contribution in [0.3, 0.4) is 0 Å². The summed E-state index contributed by atoms with van der Waals surface area (Å²) >= 11 is 0. The summed E-state index contributed by atoms with van der Waals surface area (Å²) in [5.74, 6) is -1.95. The molecule has 0 unspecified atom stereocenters. The molecule has 2 N–H and O–H groups in total. The Morgan fingerprint density at radius 3 is 2.71 bits per heavy atom. The normalized spacial score (nSPS) is 17.4. The number of nitrogens with one attached hydrogen (secondary N) is 1. The molecule has 0 radical (unpaired) electrons. The summed E-state index contributed by atoms with van der Waals surface area (Å²) in [7, 11) is 0. The number of hydrogen-bond acceptors (Lipinski definition) is 3. The van der Waals surface area contributed by atoms with E-state index in [4.69, 9.17) is 9.84 Å². The second-order valence-corrected chi connectivity index (χ2v) is 4.01. The fraction of sp³-hybridized carbons (Fsp3) is 0.364. The summed E-state index contributed by atoms with van der Waals surface area (Å²) in [6, 6.07) is 2.77. The van der Waals surface area contributed by atoms with Gasteiger partial charge in [-0.25, -0.2) is 8.78 Å². The lowest BCUT2D eigenvalue weighted by molar-refractivity contribution is -0.164. The number of aliphatic hydroxyl groups excluding tert-OH is 1. The topological polar surface area (TPSA) is 58.6 Å². The van der Waals surface area contributed by atoms with Crippen LogP contribution in [0.25, 0.3) is 0 Å². The van der Waals surface area contributed by atoms with Crippen molar-refractivity contribution in [3.05, 3.63) is 29.8 Å². The van der Waals surface area contributed by atoms with Crippen LogP contribution in [0.1, 0.15) is 0 Å². The first-order valence-corrected chi connectivity index (χ1v) is 5.02. The average Bonchev–Trinajstić information content (AvgIpc) is 2.23. The van der Waals surface area contributed by atoms with Crippen LogP contribution in [0.15, 0.2) is 18.2 Å². The van der Waals surface area contributed by atoms with Crippen LogP contribution in [0.4, 0.5) is 14.5 Å². The van der Waals surface area contributed by atoms with Gasteiger partial charge < -0.3 is 15.2 Å². The van der Waals surface area contributed by atoms with Crippen molar-refractivity contribution in [3.8, 4) is 0 Å². The zero-order valence-corrected chi connectivity index (χ0v) is 8.87. The molecule has 1 aromatic carbocycles. The van der Waals surface area contributed by atoms with E-state index in [0.717, 1.165) is 18.2 Å². The van der Waals surface area contributed by atoms with E-state index < -0.39 is 29.6 Å². The van der Waals surface area contributed by atoms with Crippen molar-refractivity contribution in [3.63, 3.8) is 0 Å². The van der Waals surface area contributed by atoms with Gasteiger partial charge in [-0.2, -0.15) is 0 Å². The Labute approximate surface area is 96.2 Å². The fourth-order valence-electron chi connectivity index (χ4n) is 1.49. The number of carbonyl (C=O) groups is 1. The molecule has 0 spiro atoms. The van der Waals surface area contributed by atoms with Crippen LogP contribution >= 0.6 is 0 Å². The van der Waals surface area contributed by atoms with Crippen molar-refractivity contribution in [1.29, 1.82) is 0 Å². The third-order valence-electron chi connectivity index (χ3n) is 2.72. The highest BCUT2D eigenvalue weighted by molar-refractivity contribution is 5.96. The van der Waals surface area contributed by atoms with Gasteiger partial charge in [-0.05, 0) is 12.1 Å². The molecule has 0 bridgehead atoms. The van der Waals surface area contributed by atoms with Crippen LogP contribution in [-0.2, 0) is 9.53 Å². The molecule has 1 amide bonds. The van der Waals surface area contributed by atoms with Crippen LogP contribution < -0.4 is 5.32 Å². The number of anilines is 1. The van der Waals surface area contributed by atoms with Gasteiger partial charge in [-0.3, -0.25) is 4.79 Å². The molecule has 0 aromatic heterocycles. The number of carbonyl (C=O) groups excluding carboxylic acids is 1. The molecule has 1 fully saturated rings. The van der Waals surface area contributed by atoms with E-state index in [9.17, 15) is 13.6 Å². The third kappa shape index (κ3) is 2.13. The minimum atomic E-state index is -1.04. The Morgan fingerprint density at radius 2 is 2.18 bits per heavy atom. The van der Waals surface area contributed by atoms with Gasteiger partial charge in [0.05, 0.1) is 25.5 Å². The largest absolute Gasteiger partial charge is 0.395 e. The first kappa shape index (κ1) is 11.9. The van der Waals surface area contributed by atoms with Crippen LogP contribution in [-0.4, -0.2) is 30.8 Å². The van der Waals surface area contributed by atoms with Gasteiger partial charge >= 0.3 is 0 Å². The van der Waals surface area contributed by atoms with E-state index >= 15 is 0 Å². The maximum Gasteiger partial charge on any atom is 0.237 e. The molecule has 17 heavy (non-hydrogen) atoms. The third-order valence-corrected chi connectivity index (χ3v) is 2.72. The molecule has 1 heterocycles. The van der Waals surface area contributed by atoms with E-state index in [1.807, 2.05) is 0 Å². The number of halogens is 2. The minimum absolute atomic E-state index is 0.0757.